The Hall–Kier alpha value is -1.65. The molecule has 0 atom stereocenters. The average molecular weight is 356 g/mol. The fourth-order valence-corrected chi connectivity index (χ4v) is 6.15. The molecule has 2 heterocycles. The molecule has 1 saturated heterocycles. The van der Waals surface area contributed by atoms with E-state index in [1.54, 1.807) is 12.1 Å². The second-order valence-corrected chi connectivity index (χ2v) is 8.79. The summed E-state index contributed by atoms with van der Waals surface area (Å²) in [4.78, 5) is 3.32. The lowest BCUT2D eigenvalue weighted by atomic mass is 10.1. The quantitative estimate of drug-likeness (QED) is 0.616. The Morgan fingerprint density at radius 2 is 1.75 bits per heavy atom. The van der Waals surface area contributed by atoms with Crippen LogP contribution in [0.4, 0.5) is 4.39 Å². The molecule has 0 amide bonds. The molecular formula is C20H18FNS2. The maximum atomic E-state index is 13.3. The van der Waals surface area contributed by atoms with Crippen LogP contribution >= 0.6 is 23.5 Å². The van der Waals surface area contributed by atoms with Crippen molar-refractivity contribution < 1.29 is 4.39 Å². The highest BCUT2D eigenvalue weighted by Crippen LogP contribution is 2.51. The van der Waals surface area contributed by atoms with E-state index in [1.165, 1.54) is 17.4 Å². The van der Waals surface area contributed by atoms with E-state index in [1.807, 2.05) is 41.7 Å². The van der Waals surface area contributed by atoms with Crippen molar-refractivity contribution in [3.05, 3.63) is 77.7 Å². The van der Waals surface area contributed by atoms with Crippen LogP contribution in [0.5, 0.6) is 0 Å². The highest BCUT2D eigenvalue weighted by atomic mass is 32.2. The molecule has 0 aliphatic carbocycles. The van der Waals surface area contributed by atoms with Gasteiger partial charge in [0.15, 0.2) is 0 Å². The molecule has 0 radical (unpaired) electrons. The third-order valence-corrected chi connectivity index (χ3v) is 7.57. The van der Waals surface area contributed by atoms with Gasteiger partial charge in [-0.3, -0.25) is 0 Å². The fourth-order valence-electron chi connectivity index (χ4n) is 3.02. The number of para-hydroxylation sites is 1. The summed E-state index contributed by atoms with van der Waals surface area (Å²) < 4.78 is 13.2. The lowest BCUT2D eigenvalue weighted by molar-refractivity contribution is 0.627. The molecule has 1 fully saturated rings. The first-order chi connectivity index (χ1) is 11.8. The minimum absolute atomic E-state index is 0.135. The highest BCUT2D eigenvalue weighted by molar-refractivity contribution is 8.18. The second kappa shape index (κ2) is 6.69. The third kappa shape index (κ3) is 3.01. The largest absolute Gasteiger partial charge is 0.361 e. The zero-order chi connectivity index (χ0) is 16.4. The Labute approximate surface area is 149 Å². The number of aromatic nitrogens is 1. The first-order valence-corrected chi connectivity index (χ1v) is 10.0. The van der Waals surface area contributed by atoms with Crippen molar-refractivity contribution in [2.45, 2.75) is 10.5 Å². The van der Waals surface area contributed by atoms with Gasteiger partial charge in [-0.05, 0) is 47.3 Å². The van der Waals surface area contributed by atoms with Gasteiger partial charge in [0.1, 0.15) is 9.90 Å². The van der Waals surface area contributed by atoms with E-state index in [0.29, 0.717) is 0 Å². The zero-order valence-corrected chi connectivity index (χ0v) is 14.8. The van der Waals surface area contributed by atoms with Gasteiger partial charge in [0.05, 0.1) is 0 Å². The standard InChI is InChI=1S/C20H18FNS2/c21-17-8-6-16(7-9-17)20(23-12-3-13-24-20)11-10-15-14-22-19-5-2-1-4-18(15)19/h1-2,4-11,14,22H,3,12-13H2/b11-10+. The number of aromatic amines is 1. The molecule has 0 unspecified atom stereocenters. The molecule has 0 saturated carbocycles. The number of rotatable bonds is 3. The Kier molecular flexibility index (Phi) is 4.42. The molecule has 1 N–H and O–H groups in total. The first-order valence-electron chi connectivity index (χ1n) is 8.06. The van der Waals surface area contributed by atoms with Crippen LogP contribution in [0.15, 0.2) is 60.8 Å². The Bertz CT molecular complexity index is 861. The molecule has 4 rings (SSSR count). The van der Waals surface area contributed by atoms with Gasteiger partial charge in [-0.15, -0.1) is 23.5 Å². The van der Waals surface area contributed by atoms with Gasteiger partial charge in [0, 0.05) is 17.1 Å². The van der Waals surface area contributed by atoms with Crippen LogP contribution in [0.25, 0.3) is 17.0 Å². The SMILES string of the molecule is Fc1ccc(C2(/C=C/c3c[nH]c4ccccc34)SCCCS2)cc1. The number of H-pyrrole nitrogens is 1. The highest BCUT2D eigenvalue weighted by Gasteiger charge is 2.33. The number of nitrogens with one attached hydrogen (secondary N) is 1. The number of fused-ring (bicyclic) bond motifs is 1. The maximum Gasteiger partial charge on any atom is 0.123 e. The van der Waals surface area contributed by atoms with Crippen molar-refractivity contribution in [3.63, 3.8) is 0 Å². The summed E-state index contributed by atoms with van der Waals surface area (Å²) in [6.45, 7) is 0. The number of thioether (sulfide) groups is 2. The van der Waals surface area contributed by atoms with Crippen molar-refractivity contribution in [1.82, 2.24) is 4.98 Å². The van der Waals surface area contributed by atoms with Gasteiger partial charge in [-0.25, -0.2) is 4.39 Å². The predicted octanol–water partition coefficient (Wildman–Crippen LogP) is 6.04. The molecule has 3 aromatic rings. The summed E-state index contributed by atoms with van der Waals surface area (Å²) in [6.07, 6.45) is 7.76. The fraction of sp³-hybridized carbons (Fsp3) is 0.200. The van der Waals surface area contributed by atoms with Crippen LogP contribution in [0, 0.1) is 5.82 Å². The lowest BCUT2D eigenvalue weighted by Gasteiger charge is -2.34. The summed E-state index contributed by atoms with van der Waals surface area (Å²) in [5.41, 5.74) is 3.51. The van der Waals surface area contributed by atoms with Gasteiger partial charge in [0.2, 0.25) is 0 Å². The minimum atomic E-state index is -0.180. The van der Waals surface area contributed by atoms with Crippen molar-refractivity contribution in [3.8, 4) is 0 Å². The average Bonchev–Trinajstić information content (AvgIpc) is 3.05. The lowest BCUT2D eigenvalue weighted by Crippen LogP contribution is -2.20. The van der Waals surface area contributed by atoms with Crippen LogP contribution in [-0.4, -0.2) is 16.5 Å². The van der Waals surface area contributed by atoms with Crippen LogP contribution in [0.3, 0.4) is 0 Å². The molecule has 0 bridgehead atoms. The monoisotopic (exact) mass is 355 g/mol. The van der Waals surface area contributed by atoms with E-state index in [4.69, 9.17) is 0 Å². The topological polar surface area (TPSA) is 15.8 Å². The third-order valence-electron chi connectivity index (χ3n) is 4.27. The normalized spacial score (nSPS) is 17.5. The summed E-state index contributed by atoms with van der Waals surface area (Å²) in [6, 6.07) is 15.3. The summed E-state index contributed by atoms with van der Waals surface area (Å²) >= 11 is 3.88. The van der Waals surface area contributed by atoms with Crippen LogP contribution in [-0.2, 0) is 4.08 Å². The molecule has 1 nitrogen and oxygen atoms in total. The van der Waals surface area contributed by atoms with E-state index in [0.717, 1.165) is 22.6 Å². The molecule has 122 valence electrons. The first kappa shape index (κ1) is 15.9. The molecule has 1 aromatic heterocycles. The van der Waals surface area contributed by atoms with E-state index in [-0.39, 0.29) is 9.90 Å². The molecule has 4 heteroatoms. The van der Waals surface area contributed by atoms with Crippen LogP contribution in [0.2, 0.25) is 0 Å². The maximum absolute atomic E-state index is 13.3. The van der Waals surface area contributed by atoms with E-state index < -0.39 is 0 Å². The Morgan fingerprint density at radius 1 is 1.00 bits per heavy atom. The van der Waals surface area contributed by atoms with Crippen molar-refractivity contribution in [2.75, 3.05) is 11.5 Å². The molecule has 2 aromatic carbocycles. The minimum Gasteiger partial charge on any atom is -0.361 e. The van der Waals surface area contributed by atoms with Crippen molar-refractivity contribution in [1.29, 1.82) is 0 Å². The van der Waals surface area contributed by atoms with Gasteiger partial charge in [-0.2, -0.15) is 0 Å². The number of hydrogen-bond acceptors (Lipinski definition) is 2. The summed E-state index contributed by atoms with van der Waals surface area (Å²) in [5, 5.41) is 1.23. The molecular weight excluding hydrogens is 337 g/mol. The molecule has 0 spiro atoms. The van der Waals surface area contributed by atoms with Crippen LogP contribution < -0.4 is 0 Å². The molecule has 1 aliphatic rings. The van der Waals surface area contributed by atoms with E-state index >= 15 is 0 Å². The van der Waals surface area contributed by atoms with Gasteiger partial charge >= 0.3 is 0 Å². The van der Waals surface area contributed by atoms with Crippen LogP contribution in [0.1, 0.15) is 17.5 Å². The summed E-state index contributed by atoms with van der Waals surface area (Å²) in [5.74, 6) is 2.07. The number of benzene rings is 2. The Balaban J connectivity index is 1.73. The summed E-state index contributed by atoms with van der Waals surface area (Å²) in [7, 11) is 0. The molecule has 1 aliphatic heterocycles. The van der Waals surface area contributed by atoms with Gasteiger partial charge < -0.3 is 4.98 Å². The van der Waals surface area contributed by atoms with Gasteiger partial charge in [-0.1, -0.05) is 42.5 Å². The predicted molar refractivity (Wildman–Crippen MR) is 105 cm³/mol. The second-order valence-electron chi connectivity index (χ2n) is 5.85. The van der Waals surface area contributed by atoms with Crippen molar-refractivity contribution >= 4 is 40.5 Å². The number of hydrogen-bond donors (Lipinski definition) is 1. The molecule has 24 heavy (non-hydrogen) atoms. The number of halogens is 1. The zero-order valence-electron chi connectivity index (χ0n) is 13.2. The Morgan fingerprint density at radius 3 is 2.54 bits per heavy atom. The van der Waals surface area contributed by atoms with Gasteiger partial charge in [0.25, 0.3) is 0 Å². The smallest absolute Gasteiger partial charge is 0.123 e. The van der Waals surface area contributed by atoms with Crippen molar-refractivity contribution in [2.24, 2.45) is 0 Å². The van der Waals surface area contributed by atoms with E-state index in [9.17, 15) is 4.39 Å². The van der Waals surface area contributed by atoms with E-state index in [2.05, 4.69) is 41.5 Å².